The number of hydrogen-bond acceptors (Lipinski definition) is 5. The van der Waals surface area contributed by atoms with Gasteiger partial charge in [-0.1, -0.05) is 60.7 Å². The van der Waals surface area contributed by atoms with Gasteiger partial charge in [0.15, 0.2) is 5.75 Å². The zero-order valence-corrected chi connectivity index (χ0v) is 24.2. The number of carbonyl (C=O) groups is 3. The summed E-state index contributed by atoms with van der Waals surface area (Å²) >= 11 is 0. The molecule has 0 bridgehead atoms. The Morgan fingerprint density at radius 2 is 1.65 bits per heavy atom. The maximum Gasteiger partial charge on any atom is 0.227 e. The summed E-state index contributed by atoms with van der Waals surface area (Å²) in [5.41, 5.74) is 11.3. The van der Waals surface area contributed by atoms with Gasteiger partial charge in [-0.2, -0.15) is 0 Å². The third-order valence-corrected chi connectivity index (χ3v) is 7.47. The van der Waals surface area contributed by atoms with E-state index in [9.17, 15) is 14.4 Å². The van der Waals surface area contributed by atoms with Crippen molar-refractivity contribution >= 4 is 29.1 Å². The van der Waals surface area contributed by atoms with E-state index in [0.717, 1.165) is 29.5 Å². The van der Waals surface area contributed by atoms with Crippen LogP contribution in [-0.4, -0.2) is 17.7 Å². The number of amides is 3. The Kier molecular flexibility index (Phi) is 9.49. The van der Waals surface area contributed by atoms with Crippen molar-refractivity contribution in [3.63, 3.8) is 0 Å². The lowest BCUT2D eigenvalue weighted by Gasteiger charge is -2.26. The van der Waals surface area contributed by atoms with Gasteiger partial charge in [-0.25, -0.2) is 0 Å². The molecule has 8 nitrogen and oxygen atoms in total. The molecule has 0 aliphatic heterocycles. The number of hydrogen-bond donors (Lipinski definition) is 3. The maximum absolute atomic E-state index is 13.8. The normalized spacial score (nSPS) is 13.6. The molecule has 0 radical (unpaired) electrons. The zero-order valence-electron chi connectivity index (χ0n) is 24.2. The molecule has 0 spiro atoms. The van der Waals surface area contributed by atoms with Crippen LogP contribution in [0, 0.1) is 0 Å². The Bertz CT molecular complexity index is 1600. The SMILES string of the molecule is CC(=O)Nc1ccc(CN(C(=O)CCC(=O)NC2CCc3ccccc32)c2ccccc2Oc2cccc(CN)c2)cc1. The first-order chi connectivity index (χ1) is 20.9. The molecule has 43 heavy (non-hydrogen) atoms. The summed E-state index contributed by atoms with van der Waals surface area (Å²) in [6, 6.07) is 30.3. The highest BCUT2D eigenvalue weighted by Crippen LogP contribution is 2.35. The molecule has 3 amide bonds. The molecule has 1 aliphatic carbocycles. The van der Waals surface area contributed by atoms with Crippen molar-refractivity contribution in [3.8, 4) is 11.5 Å². The van der Waals surface area contributed by atoms with Crippen LogP contribution in [0.5, 0.6) is 11.5 Å². The molecule has 4 N–H and O–H groups in total. The van der Waals surface area contributed by atoms with Gasteiger partial charge in [0.05, 0.1) is 18.3 Å². The van der Waals surface area contributed by atoms with E-state index in [1.807, 2.05) is 72.8 Å². The summed E-state index contributed by atoms with van der Waals surface area (Å²) in [5, 5.41) is 5.88. The number of nitrogens with two attached hydrogens (primary N) is 1. The first-order valence-electron chi connectivity index (χ1n) is 14.5. The summed E-state index contributed by atoms with van der Waals surface area (Å²) in [5.74, 6) is 0.594. The van der Waals surface area contributed by atoms with E-state index in [2.05, 4.69) is 22.8 Å². The van der Waals surface area contributed by atoms with Crippen LogP contribution in [0.4, 0.5) is 11.4 Å². The molecule has 0 fully saturated rings. The first kappa shape index (κ1) is 29.5. The van der Waals surface area contributed by atoms with Crippen molar-refractivity contribution in [2.45, 2.75) is 51.7 Å². The molecule has 4 aromatic carbocycles. The summed E-state index contributed by atoms with van der Waals surface area (Å²) in [6.07, 6.45) is 1.88. The molecule has 1 atom stereocenters. The molecule has 0 heterocycles. The summed E-state index contributed by atoms with van der Waals surface area (Å²) in [4.78, 5) is 39.9. The van der Waals surface area contributed by atoms with E-state index in [4.69, 9.17) is 10.5 Å². The molecular formula is C35H36N4O4. The van der Waals surface area contributed by atoms with Gasteiger partial charge in [0, 0.05) is 32.0 Å². The summed E-state index contributed by atoms with van der Waals surface area (Å²) in [7, 11) is 0. The highest BCUT2D eigenvalue weighted by atomic mass is 16.5. The number of nitrogens with zero attached hydrogens (tertiary/aromatic N) is 1. The number of ether oxygens (including phenoxy) is 1. The smallest absolute Gasteiger partial charge is 0.227 e. The van der Waals surface area contributed by atoms with Crippen LogP contribution >= 0.6 is 0 Å². The van der Waals surface area contributed by atoms with E-state index in [-0.39, 0.29) is 43.1 Å². The molecule has 1 aliphatic rings. The average Bonchev–Trinajstić information content (AvgIpc) is 3.42. The van der Waals surface area contributed by atoms with Crippen LogP contribution < -0.4 is 26.0 Å². The molecule has 1 unspecified atom stereocenters. The van der Waals surface area contributed by atoms with Crippen molar-refractivity contribution < 1.29 is 19.1 Å². The van der Waals surface area contributed by atoms with Crippen LogP contribution in [-0.2, 0) is 33.9 Å². The van der Waals surface area contributed by atoms with Gasteiger partial charge in [0.25, 0.3) is 0 Å². The molecule has 0 saturated heterocycles. The van der Waals surface area contributed by atoms with Gasteiger partial charge in [-0.05, 0) is 71.5 Å². The fraction of sp³-hybridized carbons (Fsp3) is 0.229. The van der Waals surface area contributed by atoms with E-state index in [1.54, 1.807) is 17.0 Å². The Hall–Kier alpha value is -4.95. The van der Waals surface area contributed by atoms with Crippen molar-refractivity contribution in [2.75, 3.05) is 10.2 Å². The molecule has 220 valence electrons. The molecule has 0 saturated carbocycles. The minimum absolute atomic E-state index is 0.0289. The van der Waals surface area contributed by atoms with Gasteiger partial charge in [0.2, 0.25) is 17.7 Å². The molecule has 5 rings (SSSR count). The number of anilines is 2. The quantitative estimate of drug-likeness (QED) is 0.202. The Morgan fingerprint density at radius 3 is 2.44 bits per heavy atom. The van der Waals surface area contributed by atoms with Crippen LogP contribution in [0.3, 0.4) is 0 Å². The van der Waals surface area contributed by atoms with E-state index in [0.29, 0.717) is 29.4 Å². The van der Waals surface area contributed by atoms with Crippen LogP contribution in [0.1, 0.15) is 54.5 Å². The molecule has 4 aromatic rings. The minimum Gasteiger partial charge on any atom is -0.455 e. The molecular weight excluding hydrogens is 540 g/mol. The highest BCUT2D eigenvalue weighted by Gasteiger charge is 2.25. The highest BCUT2D eigenvalue weighted by molar-refractivity contribution is 5.97. The monoisotopic (exact) mass is 576 g/mol. The largest absolute Gasteiger partial charge is 0.455 e. The lowest BCUT2D eigenvalue weighted by molar-refractivity contribution is -0.125. The van der Waals surface area contributed by atoms with E-state index < -0.39 is 0 Å². The van der Waals surface area contributed by atoms with Crippen LogP contribution in [0.2, 0.25) is 0 Å². The van der Waals surface area contributed by atoms with E-state index in [1.165, 1.54) is 12.5 Å². The van der Waals surface area contributed by atoms with Crippen molar-refractivity contribution in [1.29, 1.82) is 0 Å². The average molecular weight is 577 g/mol. The molecule has 8 heteroatoms. The van der Waals surface area contributed by atoms with Crippen molar-refractivity contribution in [3.05, 3.63) is 119 Å². The first-order valence-corrected chi connectivity index (χ1v) is 14.5. The number of fused-ring (bicyclic) bond motifs is 1. The van der Waals surface area contributed by atoms with Gasteiger partial charge < -0.3 is 26.0 Å². The maximum atomic E-state index is 13.8. The third kappa shape index (κ3) is 7.67. The van der Waals surface area contributed by atoms with Gasteiger partial charge in [-0.3, -0.25) is 14.4 Å². The molecule has 0 aromatic heterocycles. The number of para-hydroxylation sites is 2. The standard InChI is InChI=1S/C35H36N4O4/c1-24(40)37-28-16-13-25(14-17-28)23-39(32-11-4-5-12-33(32)43-29-9-6-7-26(21-29)22-36)35(42)20-19-34(41)38-31-18-15-27-8-2-3-10-30(27)31/h2-14,16-17,21,31H,15,18-20,22-23,36H2,1H3,(H,37,40)(H,38,41). The summed E-state index contributed by atoms with van der Waals surface area (Å²) < 4.78 is 6.26. The third-order valence-electron chi connectivity index (χ3n) is 7.47. The number of benzene rings is 4. The number of rotatable bonds is 11. The fourth-order valence-corrected chi connectivity index (χ4v) is 5.35. The van der Waals surface area contributed by atoms with Gasteiger partial charge in [0.1, 0.15) is 5.75 Å². The van der Waals surface area contributed by atoms with Crippen molar-refractivity contribution in [1.82, 2.24) is 5.32 Å². The van der Waals surface area contributed by atoms with Crippen molar-refractivity contribution in [2.24, 2.45) is 5.73 Å². The lowest BCUT2D eigenvalue weighted by atomic mass is 10.1. The van der Waals surface area contributed by atoms with Crippen LogP contribution in [0.25, 0.3) is 0 Å². The Labute approximate surface area is 251 Å². The number of carbonyl (C=O) groups excluding carboxylic acids is 3. The fourth-order valence-electron chi connectivity index (χ4n) is 5.35. The van der Waals surface area contributed by atoms with Gasteiger partial charge >= 0.3 is 0 Å². The predicted molar refractivity (Wildman–Crippen MR) is 168 cm³/mol. The summed E-state index contributed by atoms with van der Waals surface area (Å²) in [6.45, 7) is 2.09. The minimum atomic E-state index is -0.209. The second kappa shape index (κ2) is 13.8. The van der Waals surface area contributed by atoms with Crippen LogP contribution in [0.15, 0.2) is 97.1 Å². The lowest BCUT2D eigenvalue weighted by Crippen LogP contribution is -2.33. The number of aryl methyl sites for hydroxylation is 1. The predicted octanol–water partition coefficient (Wildman–Crippen LogP) is 6.01. The van der Waals surface area contributed by atoms with Gasteiger partial charge in [-0.15, -0.1) is 0 Å². The Morgan fingerprint density at radius 1 is 0.884 bits per heavy atom. The van der Waals surface area contributed by atoms with E-state index >= 15 is 0 Å². The zero-order chi connectivity index (χ0) is 30.2. The second-order valence-corrected chi connectivity index (χ2v) is 10.6. The Balaban J connectivity index is 1.35. The number of nitrogens with one attached hydrogen (secondary N) is 2. The second-order valence-electron chi connectivity index (χ2n) is 10.6. The topological polar surface area (TPSA) is 114 Å².